The summed E-state index contributed by atoms with van der Waals surface area (Å²) < 4.78 is 4.79. The molecule has 0 spiro atoms. The van der Waals surface area contributed by atoms with E-state index in [-0.39, 0.29) is 0 Å². The molecule has 1 atom stereocenters. The van der Waals surface area contributed by atoms with Crippen molar-refractivity contribution < 1.29 is 4.52 Å². The Labute approximate surface area is 115 Å². The summed E-state index contributed by atoms with van der Waals surface area (Å²) in [4.78, 5) is 4.21. The highest BCUT2D eigenvalue weighted by molar-refractivity contribution is 5.79. The van der Waals surface area contributed by atoms with E-state index in [9.17, 15) is 0 Å². The summed E-state index contributed by atoms with van der Waals surface area (Å²) in [6.45, 7) is 6.07. The van der Waals surface area contributed by atoms with Crippen molar-refractivity contribution in [3.63, 3.8) is 0 Å². The molecular formula is C14H26N4O. The Morgan fingerprint density at radius 1 is 1.42 bits per heavy atom. The van der Waals surface area contributed by atoms with Gasteiger partial charge in [0.05, 0.1) is 6.54 Å². The van der Waals surface area contributed by atoms with Gasteiger partial charge in [-0.2, -0.15) is 0 Å². The lowest BCUT2D eigenvalue weighted by atomic mass is 9.99. The van der Waals surface area contributed by atoms with E-state index >= 15 is 0 Å². The van der Waals surface area contributed by atoms with Gasteiger partial charge in [0, 0.05) is 19.7 Å². The normalized spacial score (nSPS) is 13.3. The van der Waals surface area contributed by atoms with Crippen LogP contribution < -0.4 is 10.6 Å². The lowest BCUT2D eigenvalue weighted by molar-refractivity contribution is 0.410. The summed E-state index contributed by atoms with van der Waals surface area (Å²) in [7, 11) is 1.78. The molecule has 1 heterocycles. The fourth-order valence-electron chi connectivity index (χ4n) is 1.91. The zero-order valence-corrected chi connectivity index (χ0v) is 12.3. The largest absolute Gasteiger partial charge is 0.364 e. The SMILES string of the molecule is CCCCC(CC)CNC(=NC)NCc1ccon1. The van der Waals surface area contributed by atoms with Crippen LogP contribution in [0, 0.1) is 5.92 Å². The van der Waals surface area contributed by atoms with E-state index in [0.29, 0.717) is 12.5 Å². The number of aromatic nitrogens is 1. The van der Waals surface area contributed by atoms with Crippen molar-refractivity contribution in [2.75, 3.05) is 13.6 Å². The van der Waals surface area contributed by atoms with Gasteiger partial charge in [-0.15, -0.1) is 0 Å². The fraction of sp³-hybridized carbons (Fsp3) is 0.714. The number of hydrogen-bond acceptors (Lipinski definition) is 3. The summed E-state index contributed by atoms with van der Waals surface area (Å²) >= 11 is 0. The second-order valence-electron chi connectivity index (χ2n) is 4.71. The van der Waals surface area contributed by atoms with Crippen LogP contribution in [0.2, 0.25) is 0 Å². The molecule has 0 bridgehead atoms. The third-order valence-corrected chi connectivity index (χ3v) is 3.25. The number of rotatable bonds is 8. The molecule has 5 nitrogen and oxygen atoms in total. The first-order chi connectivity index (χ1) is 9.30. The first-order valence-corrected chi connectivity index (χ1v) is 7.13. The lowest BCUT2D eigenvalue weighted by Crippen LogP contribution is -2.39. The van der Waals surface area contributed by atoms with Gasteiger partial charge < -0.3 is 15.2 Å². The van der Waals surface area contributed by atoms with E-state index in [1.54, 1.807) is 13.3 Å². The number of aliphatic imine (C=N–C) groups is 1. The summed E-state index contributed by atoms with van der Waals surface area (Å²) in [5.74, 6) is 1.53. The van der Waals surface area contributed by atoms with Crippen LogP contribution in [0.15, 0.2) is 21.8 Å². The summed E-state index contributed by atoms with van der Waals surface area (Å²) in [6, 6.07) is 1.84. The Balaban J connectivity index is 2.27. The molecular weight excluding hydrogens is 240 g/mol. The molecule has 5 heteroatoms. The summed E-state index contributed by atoms with van der Waals surface area (Å²) in [5, 5.41) is 10.5. The molecule has 0 aliphatic heterocycles. The third kappa shape index (κ3) is 6.27. The van der Waals surface area contributed by atoms with Crippen LogP contribution in [0.4, 0.5) is 0 Å². The molecule has 1 unspecified atom stereocenters. The number of nitrogens with zero attached hydrogens (tertiary/aromatic N) is 2. The molecule has 108 valence electrons. The van der Waals surface area contributed by atoms with Gasteiger partial charge in [0.25, 0.3) is 0 Å². The van der Waals surface area contributed by atoms with Crippen molar-refractivity contribution in [2.24, 2.45) is 10.9 Å². The Morgan fingerprint density at radius 2 is 2.26 bits per heavy atom. The smallest absolute Gasteiger partial charge is 0.191 e. The van der Waals surface area contributed by atoms with E-state index in [2.05, 4.69) is 34.6 Å². The second kappa shape index (κ2) is 9.42. The molecule has 2 N–H and O–H groups in total. The highest BCUT2D eigenvalue weighted by Crippen LogP contribution is 2.10. The predicted octanol–water partition coefficient (Wildman–Crippen LogP) is 2.56. The van der Waals surface area contributed by atoms with E-state index in [0.717, 1.165) is 18.2 Å². The van der Waals surface area contributed by atoms with Gasteiger partial charge in [-0.25, -0.2) is 0 Å². The van der Waals surface area contributed by atoms with E-state index in [4.69, 9.17) is 4.52 Å². The van der Waals surface area contributed by atoms with Gasteiger partial charge in [-0.05, 0) is 12.3 Å². The highest BCUT2D eigenvalue weighted by Gasteiger charge is 2.07. The van der Waals surface area contributed by atoms with Crippen LogP contribution in [-0.4, -0.2) is 24.7 Å². The maximum absolute atomic E-state index is 4.79. The molecule has 0 radical (unpaired) electrons. The second-order valence-corrected chi connectivity index (χ2v) is 4.71. The average molecular weight is 266 g/mol. The molecule has 0 aliphatic rings. The average Bonchev–Trinajstić information content (AvgIpc) is 2.95. The van der Waals surface area contributed by atoms with Gasteiger partial charge in [-0.3, -0.25) is 4.99 Å². The maximum atomic E-state index is 4.79. The minimum Gasteiger partial charge on any atom is -0.364 e. The number of unbranched alkanes of at least 4 members (excludes halogenated alkanes) is 1. The van der Waals surface area contributed by atoms with Crippen molar-refractivity contribution in [1.82, 2.24) is 15.8 Å². The number of nitrogens with one attached hydrogen (secondary N) is 2. The van der Waals surface area contributed by atoms with Crippen LogP contribution in [-0.2, 0) is 6.54 Å². The minimum atomic E-state index is 0.627. The van der Waals surface area contributed by atoms with Crippen molar-refractivity contribution in [3.8, 4) is 0 Å². The van der Waals surface area contributed by atoms with Crippen LogP contribution in [0.25, 0.3) is 0 Å². The standard InChI is InChI=1S/C14H26N4O/c1-4-6-7-12(5-2)10-16-14(15-3)17-11-13-8-9-19-18-13/h8-9,12H,4-7,10-11H2,1-3H3,(H2,15,16,17). The number of hydrogen-bond donors (Lipinski definition) is 2. The van der Waals surface area contributed by atoms with Crippen LogP contribution in [0.1, 0.15) is 45.2 Å². The highest BCUT2D eigenvalue weighted by atomic mass is 16.5. The van der Waals surface area contributed by atoms with Crippen molar-refractivity contribution >= 4 is 5.96 Å². The third-order valence-electron chi connectivity index (χ3n) is 3.25. The lowest BCUT2D eigenvalue weighted by Gasteiger charge is -2.17. The molecule has 0 amide bonds. The predicted molar refractivity (Wildman–Crippen MR) is 78.0 cm³/mol. The molecule has 0 saturated heterocycles. The van der Waals surface area contributed by atoms with Gasteiger partial charge >= 0.3 is 0 Å². The number of guanidine groups is 1. The molecule has 0 aromatic carbocycles. The first kappa shape index (κ1) is 15.5. The van der Waals surface area contributed by atoms with Gasteiger partial charge in [0.1, 0.15) is 12.0 Å². The topological polar surface area (TPSA) is 62.5 Å². The molecule has 0 fully saturated rings. The fourth-order valence-corrected chi connectivity index (χ4v) is 1.91. The van der Waals surface area contributed by atoms with E-state index in [1.165, 1.54) is 25.7 Å². The van der Waals surface area contributed by atoms with Crippen molar-refractivity contribution in [3.05, 3.63) is 18.0 Å². The first-order valence-electron chi connectivity index (χ1n) is 7.13. The molecule has 1 rings (SSSR count). The zero-order chi connectivity index (χ0) is 13.9. The monoisotopic (exact) mass is 266 g/mol. The summed E-state index contributed by atoms with van der Waals surface area (Å²) in [5.41, 5.74) is 0.876. The van der Waals surface area contributed by atoms with Crippen molar-refractivity contribution in [2.45, 2.75) is 46.1 Å². The van der Waals surface area contributed by atoms with Crippen LogP contribution >= 0.6 is 0 Å². The molecule has 19 heavy (non-hydrogen) atoms. The zero-order valence-electron chi connectivity index (χ0n) is 12.3. The quantitative estimate of drug-likeness (QED) is 0.561. The van der Waals surface area contributed by atoms with Crippen LogP contribution in [0.3, 0.4) is 0 Å². The molecule has 1 aromatic rings. The van der Waals surface area contributed by atoms with E-state index < -0.39 is 0 Å². The Kier molecular flexibility index (Phi) is 7.70. The van der Waals surface area contributed by atoms with Crippen LogP contribution in [0.5, 0.6) is 0 Å². The van der Waals surface area contributed by atoms with Gasteiger partial charge in [-0.1, -0.05) is 38.3 Å². The van der Waals surface area contributed by atoms with Gasteiger partial charge in [0.15, 0.2) is 5.96 Å². The van der Waals surface area contributed by atoms with Crippen molar-refractivity contribution in [1.29, 1.82) is 0 Å². The Hall–Kier alpha value is -1.52. The summed E-state index contributed by atoms with van der Waals surface area (Å²) in [6.07, 6.45) is 6.61. The minimum absolute atomic E-state index is 0.627. The Morgan fingerprint density at radius 3 is 2.84 bits per heavy atom. The molecule has 1 aromatic heterocycles. The Bertz CT molecular complexity index is 348. The molecule has 0 saturated carbocycles. The maximum Gasteiger partial charge on any atom is 0.191 e. The van der Waals surface area contributed by atoms with E-state index in [1.807, 2.05) is 6.07 Å². The molecule has 0 aliphatic carbocycles. The van der Waals surface area contributed by atoms with Gasteiger partial charge in [0.2, 0.25) is 0 Å².